The number of hydrogen-bond donors (Lipinski definition) is 2. The number of amides is 1. The van der Waals surface area contributed by atoms with Gasteiger partial charge in [-0.1, -0.05) is 18.0 Å². The Morgan fingerprint density at radius 3 is 2.50 bits per heavy atom. The van der Waals surface area contributed by atoms with Gasteiger partial charge in [-0.3, -0.25) is 9.59 Å². The second-order valence-electron chi connectivity index (χ2n) is 4.32. The van der Waals surface area contributed by atoms with Gasteiger partial charge in [-0.15, -0.1) is 0 Å². The van der Waals surface area contributed by atoms with Gasteiger partial charge in [0.15, 0.2) is 0 Å². The summed E-state index contributed by atoms with van der Waals surface area (Å²) < 4.78 is 12.9. The molecule has 1 fully saturated rings. The Hall–Kier alpha value is -1.62. The van der Waals surface area contributed by atoms with Crippen LogP contribution in [0, 0.1) is 11.2 Å². The summed E-state index contributed by atoms with van der Waals surface area (Å²) >= 11 is 5.58. The van der Waals surface area contributed by atoms with Gasteiger partial charge in [0.25, 0.3) is 0 Å². The lowest BCUT2D eigenvalue weighted by molar-refractivity contribution is -0.159. The van der Waals surface area contributed by atoms with Gasteiger partial charge in [-0.05, 0) is 31.0 Å². The molecule has 0 heterocycles. The molecule has 0 spiro atoms. The van der Waals surface area contributed by atoms with Crippen LogP contribution in [-0.4, -0.2) is 17.0 Å². The van der Waals surface area contributed by atoms with Gasteiger partial charge < -0.3 is 10.4 Å². The van der Waals surface area contributed by atoms with Gasteiger partial charge in [0.05, 0.1) is 5.02 Å². The zero-order chi connectivity index (χ0) is 13.3. The van der Waals surface area contributed by atoms with Crippen LogP contribution in [0.15, 0.2) is 18.2 Å². The minimum absolute atomic E-state index is 0.120. The molecular formula is C12H11ClFNO3. The van der Waals surface area contributed by atoms with Crippen molar-refractivity contribution in [3.8, 4) is 0 Å². The lowest BCUT2D eigenvalue weighted by atomic mass is 9.68. The Morgan fingerprint density at radius 1 is 1.39 bits per heavy atom. The van der Waals surface area contributed by atoms with Crippen molar-refractivity contribution in [1.82, 2.24) is 0 Å². The van der Waals surface area contributed by atoms with Crippen molar-refractivity contribution in [2.75, 3.05) is 5.32 Å². The summed E-state index contributed by atoms with van der Waals surface area (Å²) in [7, 11) is 0. The zero-order valence-electron chi connectivity index (χ0n) is 9.37. The number of carbonyl (C=O) groups excluding carboxylic acids is 1. The van der Waals surface area contributed by atoms with Crippen LogP contribution in [0.3, 0.4) is 0 Å². The molecule has 0 aliphatic heterocycles. The van der Waals surface area contributed by atoms with Crippen LogP contribution in [0.25, 0.3) is 0 Å². The van der Waals surface area contributed by atoms with Crippen LogP contribution in [0.2, 0.25) is 5.02 Å². The summed E-state index contributed by atoms with van der Waals surface area (Å²) in [6.07, 6.45) is 1.36. The average Bonchev–Trinajstić information content (AvgIpc) is 2.21. The molecule has 1 aliphatic rings. The van der Waals surface area contributed by atoms with Gasteiger partial charge in [0, 0.05) is 5.69 Å². The van der Waals surface area contributed by atoms with Gasteiger partial charge in [0.1, 0.15) is 11.2 Å². The highest BCUT2D eigenvalue weighted by atomic mass is 35.5. The van der Waals surface area contributed by atoms with Crippen LogP contribution >= 0.6 is 11.6 Å². The highest BCUT2D eigenvalue weighted by Gasteiger charge is 2.51. The molecule has 0 unspecified atom stereocenters. The number of halogens is 2. The van der Waals surface area contributed by atoms with E-state index in [-0.39, 0.29) is 5.02 Å². The number of anilines is 1. The SMILES string of the molecule is O=C(O)C1(C(=O)Nc2ccc(F)c(Cl)c2)CCC1. The van der Waals surface area contributed by atoms with Crippen molar-refractivity contribution in [2.24, 2.45) is 5.41 Å². The summed E-state index contributed by atoms with van der Waals surface area (Å²) in [5, 5.41) is 11.4. The zero-order valence-corrected chi connectivity index (χ0v) is 10.1. The fourth-order valence-corrected chi connectivity index (χ4v) is 2.07. The number of carboxylic acids is 1. The molecule has 1 saturated carbocycles. The molecule has 6 heteroatoms. The van der Waals surface area contributed by atoms with Crippen molar-refractivity contribution in [1.29, 1.82) is 0 Å². The molecule has 0 atom stereocenters. The summed E-state index contributed by atoms with van der Waals surface area (Å²) in [5.74, 6) is -2.30. The smallest absolute Gasteiger partial charge is 0.319 e. The van der Waals surface area contributed by atoms with E-state index in [4.69, 9.17) is 16.7 Å². The number of carboxylic acid groups (broad SMARTS) is 1. The molecule has 0 bridgehead atoms. The van der Waals surface area contributed by atoms with Gasteiger partial charge in [-0.25, -0.2) is 4.39 Å². The third kappa shape index (κ3) is 2.06. The maximum Gasteiger partial charge on any atom is 0.319 e. The number of rotatable bonds is 3. The van der Waals surface area contributed by atoms with Crippen molar-refractivity contribution in [2.45, 2.75) is 19.3 Å². The van der Waals surface area contributed by atoms with E-state index in [0.29, 0.717) is 24.9 Å². The minimum atomic E-state index is -1.35. The Morgan fingerprint density at radius 2 is 2.06 bits per heavy atom. The van der Waals surface area contributed by atoms with E-state index in [1.165, 1.54) is 12.1 Å². The van der Waals surface area contributed by atoms with E-state index >= 15 is 0 Å². The lowest BCUT2D eigenvalue weighted by Gasteiger charge is -2.35. The molecular weight excluding hydrogens is 261 g/mol. The highest BCUT2D eigenvalue weighted by molar-refractivity contribution is 6.31. The second-order valence-corrected chi connectivity index (χ2v) is 4.73. The Bertz CT molecular complexity index is 514. The first kappa shape index (κ1) is 12.8. The number of benzene rings is 1. The third-order valence-corrected chi connectivity index (χ3v) is 3.52. The monoisotopic (exact) mass is 271 g/mol. The van der Waals surface area contributed by atoms with E-state index < -0.39 is 23.1 Å². The highest BCUT2D eigenvalue weighted by Crippen LogP contribution is 2.42. The van der Waals surface area contributed by atoms with E-state index in [0.717, 1.165) is 6.07 Å². The quantitative estimate of drug-likeness (QED) is 0.831. The molecule has 0 aromatic heterocycles. The van der Waals surface area contributed by atoms with E-state index in [1.807, 2.05) is 0 Å². The molecule has 0 radical (unpaired) electrons. The lowest BCUT2D eigenvalue weighted by Crippen LogP contribution is -2.48. The average molecular weight is 272 g/mol. The molecule has 2 N–H and O–H groups in total. The maximum atomic E-state index is 12.9. The van der Waals surface area contributed by atoms with Crippen LogP contribution in [-0.2, 0) is 9.59 Å². The van der Waals surface area contributed by atoms with Crippen LogP contribution < -0.4 is 5.32 Å². The molecule has 2 rings (SSSR count). The largest absolute Gasteiger partial charge is 0.480 e. The first-order valence-electron chi connectivity index (χ1n) is 5.45. The molecule has 1 aromatic rings. The Kier molecular flexibility index (Phi) is 3.26. The van der Waals surface area contributed by atoms with Crippen molar-refractivity contribution in [3.63, 3.8) is 0 Å². The minimum Gasteiger partial charge on any atom is -0.480 e. The molecule has 18 heavy (non-hydrogen) atoms. The van der Waals surface area contributed by atoms with E-state index in [2.05, 4.69) is 5.32 Å². The Labute approximate surface area is 108 Å². The summed E-state index contributed by atoms with van der Waals surface area (Å²) in [6.45, 7) is 0. The topological polar surface area (TPSA) is 66.4 Å². The van der Waals surface area contributed by atoms with Crippen LogP contribution in [0.4, 0.5) is 10.1 Å². The fraction of sp³-hybridized carbons (Fsp3) is 0.333. The molecule has 1 amide bonds. The van der Waals surface area contributed by atoms with Gasteiger partial charge in [-0.2, -0.15) is 0 Å². The fourth-order valence-electron chi connectivity index (χ4n) is 1.89. The number of aliphatic carboxylic acids is 1. The summed E-state index contributed by atoms with van der Waals surface area (Å²) in [4.78, 5) is 23.0. The molecule has 1 aromatic carbocycles. The number of carbonyl (C=O) groups is 2. The van der Waals surface area contributed by atoms with Gasteiger partial charge in [0.2, 0.25) is 5.91 Å². The van der Waals surface area contributed by atoms with E-state index in [9.17, 15) is 14.0 Å². The third-order valence-electron chi connectivity index (χ3n) is 3.23. The van der Waals surface area contributed by atoms with Gasteiger partial charge >= 0.3 is 5.97 Å². The van der Waals surface area contributed by atoms with Crippen molar-refractivity contribution >= 4 is 29.2 Å². The second kappa shape index (κ2) is 4.57. The standard InChI is InChI=1S/C12H11ClFNO3/c13-8-6-7(2-3-9(8)14)15-10(16)12(11(17)18)4-1-5-12/h2-3,6H,1,4-5H2,(H,15,16)(H,17,18). The summed E-state index contributed by atoms with van der Waals surface area (Å²) in [5.41, 5.74) is -1.06. The predicted octanol–water partition coefficient (Wildman–Crippen LogP) is 2.67. The maximum absolute atomic E-state index is 12.9. The first-order valence-corrected chi connectivity index (χ1v) is 5.83. The normalized spacial score (nSPS) is 16.8. The molecule has 4 nitrogen and oxygen atoms in total. The summed E-state index contributed by atoms with van der Waals surface area (Å²) in [6, 6.07) is 3.71. The Balaban J connectivity index is 2.16. The number of nitrogens with one attached hydrogen (secondary N) is 1. The molecule has 96 valence electrons. The van der Waals surface area contributed by atoms with E-state index in [1.54, 1.807) is 0 Å². The predicted molar refractivity (Wildman–Crippen MR) is 64.0 cm³/mol. The van der Waals surface area contributed by atoms with Crippen molar-refractivity contribution in [3.05, 3.63) is 29.0 Å². The van der Waals surface area contributed by atoms with Crippen LogP contribution in [0.5, 0.6) is 0 Å². The van der Waals surface area contributed by atoms with Crippen molar-refractivity contribution < 1.29 is 19.1 Å². The van der Waals surface area contributed by atoms with Crippen LogP contribution in [0.1, 0.15) is 19.3 Å². The first-order chi connectivity index (χ1) is 8.45. The number of hydrogen-bond acceptors (Lipinski definition) is 2. The molecule has 0 saturated heterocycles. The molecule has 1 aliphatic carbocycles.